The van der Waals surface area contributed by atoms with Crippen molar-refractivity contribution < 1.29 is 28.7 Å². The van der Waals surface area contributed by atoms with Crippen molar-refractivity contribution in [2.24, 2.45) is 13.0 Å². The largest absolute Gasteiger partial charge is 0.474 e. The Kier molecular flexibility index (Phi) is 13.0. The minimum atomic E-state index is -0.819. The van der Waals surface area contributed by atoms with Gasteiger partial charge in [0.05, 0.1) is 46.0 Å². The average Bonchev–Trinajstić information content (AvgIpc) is 4.14. The highest BCUT2D eigenvalue weighted by Gasteiger charge is 2.43. The molecule has 0 unspecified atom stereocenters. The molecule has 0 spiro atoms. The van der Waals surface area contributed by atoms with Crippen molar-refractivity contribution >= 4 is 50.8 Å². The monoisotopic (exact) mass is 937 g/mol. The fraction of sp³-hybridized carbons (Fsp3) is 0.423. The summed E-state index contributed by atoms with van der Waals surface area (Å²) in [6.07, 6.45) is 7.41. The van der Waals surface area contributed by atoms with Crippen LogP contribution in [0.3, 0.4) is 0 Å². The van der Waals surface area contributed by atoms with Gasteiger partial charge in [0, 0.05) is 99.2 Å². The molecule has 15 nitrogen and oxygen atoms in total. The van der Waals surface area contributed by atoms with Crippen molar-refractivity contribution in [1.29, 1.82) is 0 Å². The summed E-state index contributed by atoms with van der Waals surface area (Å²) in [5.74, 6) is 0.196. The maximum atomic E-state index is 14.2. The Hall–Kier alpha value is -6.20. The number of hydrogen-bond acceptors (Lipinski definition) is 13. The zero-order valence-electron chi connectivity index (χ0n) is 39.2. The fourth-order valence-corrected chi connectivity index (χ4v) is 10.9. The van der Waals surface area contributed by atoms with Crippen LogP contribution >= 0.6 is 11.3 Å². The summed E-state index contributed by atoms with van der Waals surface area (Å²) in [6, 6.07) is 21.5. The fourth-order valence-electron chi connectivity index (χ4n) is 10.1. The van der Waals surface area contributed by atoms with E-state index in [1.54, 1.807) is 17.4 Å². The van der Waals surface area contributed by atoms with Gasteiger partial charge in [-0.25, -0.2) is 9.97 Å². The minimum Gasteiger partial charge on any atom is -0.474 e. The van der Waals surface area contributed by atoms with Crippen molar-refractivity contribution in [2.45, 2.75) is 83.3 Å². The van der Waals surface area contributed by atoms with Crippen molar-refractivity contribution in [3.63, 3.8) is 0 Å². The molecule has 3 aliphatic heterocycles. The lowest BCUT2D eigenvalue weighted by Gasteiger charge is -2.43. The molecule has 0 saturated carbocycles. The van der Waals surface area contributed by atoms with Crippen LogP contribution in [-0.2, 0) is 21.4 Å². The second kappa shape index (κ2) is 19.4. The lowest BCUT2D eigenvalue weighted by molar-refractivity contribution is -0.141. The standard InChI is InChI=1S/C52H59N9O6S/c1-31(2)49(52(64)61-27-38(62)23-45(61)51(63)56-32(3)34-6-8-35(9-7-34)50-33(4)55-30-68-50)46-24-48(57-67-46)65-21-20-59-18-15-39(16-19-59)66-40-28-60(29-40)47-13-11-37(25-54-47)36-10-12-41-42-26-53-17-14-43(42)58(5)44(41)22-36/h6-14,17,22,24-26,30-32,38-40,45,49,62H,15-16,18-21,23,27-29H2,1-5H3,(H,56,63)/t32-,38+,45-,49+/m0/s1. The normalized spacial score (nSPS) is 19.2. The summed E-state index contributed by atoms with van der Waals surface area (Å²) in [5, 5.41) is 20.3. The SMILES string of the molecule is Cc1ncsc1-c1ccc([C@H](C)NC(=O)[C@@H]2C[C@@H](O)CN2C(=O)[C@@H](c2cc(OCCN3CCC(OC4CN(c5ccc(-c6ccc7c8cnccc8n(C)c7c6)cn5)C4)CC3)no2)C(C)C)cc1. The maximum absolute atomic E-state index is 14.2. The van der Waals surface area contributed by atoms with E-state index in [9.17, 15) is 14.7 Å². The molecule has 10 rings (SSSR count). The number of benzene rings is 2. The van der Waals surface area contributed by atoms with E-state index >= 15 is 0 Å². The van der Waals surface area contributed by atoms with E-state index in [-0.39, 0.29) is 48.9 Å². The van der Waals surface area contributed by atoms with E-state index in [0.717, 1.165) is 89.6 Å². The molecule has 4 atom stereocenters. The van der Waals surface area contributed by atoms with Crippen LogP contribution in [0.2, 0.25) is 0 Å². The number of ether oxygens (including phenoxy) is 2. The van der Waals surface area contributed by atoms with Crippen molar-refractivity contribution in [1.82, 2.24) is 39.8 Å². The second-order valence-electron chi connectivity index (χ2n) is 18.9. The van der Waals surface area contributed by atoms with Crippen molar-refractivity contribution in [2.75, 3.05) is 50.8 Å². The Morgan fingerprint density at radius 3 is 2.41 bits per heavy atom. The van der Waals surface area contributed by atoms with E-state index < -0.39 is 18.1 Å². The number of aliphatic hydroxyl groups excluding tert-OH is 1. The average molecular weight is 938 g/mol. The Labute approximate surface area is 400 Å². The number of hydrogen-bond donors (Lipinski definition) is 2. The Balaban J connectivity index is 0.657. The highest BCUT2D eigenvalue weighted by atomic mass is 32.1. The van der Waals surface area contributed by atoms with Gasteiger partial charge in [0.25, 0.3) is 5.88 Å². The maximum Gasteiger partial charge on any atom is 0.254 e. The third-order valence-electron chi connectivity index (χ3n) is 14.0. The van der Waals surface area contributed by atoms with Crippen LogP contribution in [0.1, 0.15) is 69.0 Å². The molecule has 3 aliphatic rings. The van der Waals surface area contributed by atoms with E-state index in [0.29, 0.717) is 18.2 Å². The summed E-state index contributed by atoms with van der Waals surface area (Å²) in [7, 11) is 2.10. The number of carbonyl (C=O) groups excluding carboxylic acids is 2. The number of nitrogens with one attached hydrogen (secondary N) is 1. The molecule has 2 aromatic carbocycles. The van der Waals surface area contributed by atoms with Gasteiger partial charge in [-0.2, -0.15) is 0 Å². The lowest BCUT2D eigenvalue weighted by atomic mass is 9.91. The molecule has 3 saturated heterocycles. The van der Waals surface area contributed by atoms with Gasteiger partial charge in [0.15, 0.2) is 5.76 Å². The van der Waals surface area contributed by atoms with Gasteiger partial charge >= 0.3 is 0 Å². The van der Waals surface area contributed by atoms with E-state index in [2.05, 4.69) is 78.3 Å². The number of pyridine rings is 2. The smallest absolute Gasteiger partial charge is 0.254 e. The number of aliphatic hydroxyl groups is 1. The molecule has 2 amide bonds. The molecule has 3 fully saturated rings. The molecule has 2 N–H and O–H groups in total. The predicted octanol–water partition coefficient (Wildman–Crippen LogP) is 7.54. The molecule has 68 heavy (non-hydrogen) atoms. The highest BCUT2D eigenvalue weighted by Crippen LogP contribution is 2.35. The number of aromatic nitrogens is 5. The zero-order valence-corrected chi connectivity index (χ0v) is 40.1. The first-order valence-corrected chi connectivity index (χ1v) is 24.7. The molecule has 0 radical (unpaired) electrons. The first kappa shape index (κ1) is 45.6. The summed E-state index contributed by atoms with van der Waals surface area (Å²) in [5.41, 5.74) is 9.41. The van der Waals surface area contributed by atoms with Gasteiger partial charge in [-0.15, -0.1) is 11.3 Å². The van der Waals surface area contributed by atoms with Crippen LogP contribution in [-0.4, -0.2) is 122 Å². The topological polar surface area (TPSA) is 164 Å². The first-order chi connectivity index (χ1) is 33.0. The summed E-state index contributed by atoms with van der Waals surface area (Å²) >= 11 is 1.59. The van der Waals surface area contributed by atoms with Crippen molar-refractivity contribution in [3.05, 3.63) is 108 Å². The molecular weight excluding hydrogens is 879 g/mol. The minimum absolute atomic E-state index is 0.0621. The highest BCUT2D eigenvalue weighted by molar-refractivity contribution is 7.13. The van der Waals surface area contributed by atoms with Crippen LogP contribution in [0, 0.1) is 12.8 Å². The molecule has 16 heteroatoms. The number of likely N-dealkylation sites (tertiary alicyclic amines) is 2. The quantitative estimate of drug-likeness (QED) is 0.104. The van der Waals surface area contributed by atoms with Crippen LogP contribution in [0.15, 0.2) is 95.4 Å². The third-order valence-corrected chi connectivity index (χ3v) is 15.0. The Morgan fingerprint density at radius 2 is 1.68 bits per heavy atom. The van der Waals surface area contributed by atoms with Crippen LogP contribution in [0.5, 0.6) is 5.88 Å². The van der Waals surface area contributed by atoms with E-state index in [1.165, 1.54) is 21.3 Å². The first-order valence-electron chi connectivity index (χ1n) is 23.8. The number of aryl methyl sites for hydroxylation is 2. The van der Waals surface area contributed by atoms with E-state index in [4.69, 9.17) is 19.0 Å². The van der Waals surface area contributed by atoms with Crippen molar-refractivity contribution in [3.8, 4) is 27.4 Å². The zero-order chi connectivity index (χ0) is 47.1. The number of piperidine rings is 1. The molecule has 7 aromatic rings. The summed E-state index contributed by atoms with van der Waals surface area (Å²) in [6.45, 7) is 12.5. The van der Waals surface area contributed by atoms with Crippen LogP contribution in [0.25, 0.3) is 43.4 Å². The van der Waals surface area contributed by atoms with E-state index in [1.807, 2.05) is 76.1 Å². The number of nitrogens with zero attached hydrogens (tertiary/aromatic N) is 8. The Bertz CT molecular complexity index is 2880. The van der Waals surface area contributed by atoms with Gasteiger partial charge < -0.3 is 38.8 Å². The van der Waals surface area contributed by atoms with Gasteiger partial charge in [-0.1, -0.05) is 50.2 Å². The molecule has 8 heterocycles. The number of thiazole rings is 1. The van der Waals surface area contributed by atoms with Gasteiger partial charge in [0.1, 0.15) is 24.4 Å². The molecular formula is C52H59N9O6S. The number of carbonyl (C=O) groups is 2. The number of β-amino-alcohol motifs (C(OH)–C–C–N with tert-alkyl or cyclic N) is 1. The number of anilines is 1. The second-order valence-corrected chi connectivity index (χ2v) is 19.8. The Morgan fingerprint density at radius 1 is 0.897 bits per heavy atom. The van der Waals surface area contributed by atoms with Gasteiger partial charge in [-0.3, -0.25) is 19.5 Å². The molecule has 0 bridgehead atoms. The third kappa shape index (κ3) is 9.34. The van der Waals surface area contributed by atoms with Gasteiger partial charge in [-0.05, 0) is 78.7 Å². The molecule has 354 valence electrons. The van der Waals surface area contributed by atoms with Crippen LogP contribution in [0.4, 0.5) is 5.82 Å². The molecule has 5 aromatic heterocycles. The predicted molar refractivity (Wildman–Crippen MR) is 263 cm³/mol. The van der Waals surface area contributed by atoms with Gasteiger partial charge in [0.2, 0.25) is 11.8 Å². The number of fused-ring (bicyclic) bond motifs is 3. The molecule has 0 aliphatic carbocycles. The number of rotatable bonds is 15. The van der Waals surface area contributed by atoms with Crippen LogP contribution < -0.4 is 15.0 Å². The summed E-state index contributed by atoms with van der Waals surface area (Å²) < 4.78 is 20.5. The number of amides is 2. The summed E-state index contributed by atoms with van der Waals surface area (Å²) in [4.78, 5) is 48.7. The lowest BCUT2D eigenvalue weighted by Crippen LogP contribution is -2.54.